The first-order chi connectivity index (χ1) is 8.36. The highest BCUT2D eigenvalue weighted by atomic mass is 16.5. The molecule has 0 saturated heterocycles. The van der Waals surface area contributed by atoms with Gasteiger partial charge >= 0.3 is 0 Å². The average Bonchev–Trinajstić information content (AvgIpc) is 2.38. The molecule has 1 aromatic rings. The van der Waals surface area contributed by atoms with Gasteiger partial charge in [0, 0.05) is 19.7 Å². The SMILES string of the molecule is CCN(CCOCCCN)Cc1ccccc1. The number of hydrogen-bond donors (Lipinski definition) is 1. The van der Waals surface area contributed by atoms with E-state index in [2.05, 4.69) is 42.2 Å². The number of ether oxygens (including phenoxy) is 1. The van der Waals surface area contributed by atoms with E-state index in [1.807, 2.05) is 0 Å². The Hall–Kier alpha value is -0.900. The van der Waals surface area contributed by atoms with Crippen LogP contribution in [0, 0.1) is 0 Å². The molecule has 0 bridgehead atoms. The number of nitrogens with zero attached hydrogens (tertiary/aromatic N) is 1. The largest absolute Gasteiger partial charge is 0.380 e. The summed E-state index contributed by atoms with van der Waals surface area (Å²) in [6.45, 7) is 7.49. The maximum Gasteiger partial charge on any atom is 0.0593 e. The van der Waals surface area contributed by atoms with E-state index < -0.39 is 0 Å². The number of rotatable bonds is 9. The van der Waals surface area contributed by atoms with Gasteiger partial charge in [0.1, 0.15) is 0 Å². The van der Waals surface area contributed by atoms with Gasteiger partial charge in [-0.05, 0) is 25.1 Å². The molecule has 0 aliphatic carbocycles. The Morgan fingerprint density at radius 1 is 1.18 bits per heavy atom. The first-order valence-corrected chi connectivity index (χ1v) is 6.41. The summed E-state index contributed by atoms with van der Waals surface area (Å²) in [7, 11) is 0. The van der Waals surface area contributed by atoms with Gasteiger partial charge in [-0.3, -0.25) is 4.90 Å². The second kappa shape index (κ2) is 9.16. The number of benzene rings is 1. The van der Waals surface area contributed by atoms with Gasteiger partial charge < -0.3 is 10.5 Å². The van der Waals surface area contributed by atoms with Gasteiger partial charge in [-0.1, -0.05) is 37.3 Å². The molecule has 0 radical (unpaired) electrons. The summed E-state index contributed by atoms with van der Waals surface area (Å²) in [6, 6.07) is 10.5. The normalized spacial score (nSPS) is 11.0. The molecule has 0 unspecified atom stereocenters. The lowest BCUT2D eigenvalue weighted by atomic mass is 10.2. The zero-order valence-corrected chi connectivity index (χ0v) is 10.8. The fourth-order valence-electron chi connectivity index (χ4n) is 1.67. The van der Waals surface area contributed by atoms with Crippen molar-refractivity contribution in [2.75, 3.05) is 32.8 Å². The summed E-state index contributed by atoms with van der Waals surface area (Å²) in [5, 5.41) is 0. The highest BCUT2D eigenvalue weighted by Crippen LogP contribution is 2.03. The van der Waals surface area contributed by atoms with E-state index in [9.17, 15) is 0 Å². The molecule has 17 heavy (non-hydrogen) atoms. The first-order valence-electron chi connectivity index (χ1n) is 6.41. The van der Waals surface area contributed by atoms with E-state index in [1.165, 1.54) is 5.56 Å². The predicted molar refractivity (Wildman–Crippen MR) is 71.9 cm³/mol. The molecule has 0 atom stereocenters. The Morgan fingerprint density at radius 2 is 1.94 bits per heavy atom. The molecule has 0 spiro atoms. The molecule has 0 heterocycles. The van der Waals surface area contributed by atoms with E-state index in [1.54, 1.807) is 0 Å². The molecule has 3 nitrogen and oxygen atoms in total. The van der Waals surface area contributed by atoms with E-state index in [0.29, 0.717) is 6.54 Å². The molecule has 0 saturated carbocycles. The van der Waals surface area contributed by atoms with Gasteiger partial charge in [-0.15, -0.1) is 0 Å². The topological polar surface area (TPSA) is 38.5 Å². The second-order valence-corrected chi connectivity index (χ2v) is 4.11. The van der Waals surface area contributed by atoms with Crippen molar-refractivity contribution in [3.63, 3.8) is 0 Å². The van der Waals surface area contributed by atoms with Crippen LogP contribution in [-0.4, -0.2) is 37.7 Å². The lowest BCUT2D eigenvalue weighted by Gasteiger charge is -2.20. The average molecular weight is 236 g/mol. The summed E-state index contributed by atoms with van der Waals surface area (Å²) in [6.07, 6.45) is 0.949. The van der Waals surface area contributed by atoms with Crippen LogP contribution in [0.1, 0.15) is 18.9 Å². The molecule has 0 aliphatic rings. The monoisotopic (exact) mass is 236 g/mol. The number of hydrogen-bond acceptors (Lipinski definition) is 3. The highest BCUT2D eigenvalue weighted by Gasteiger charge is 2.02. The fraction of sp³-hybridized carbons (Fsp3) is 0.571. The second-order valence-electron chi connectivity index (χ2n) is 4.11. The van der Waals surface area contributed by atoms with Crippen molar-refractivity contribution in [1.29, 1.82) is 0 Å². The Morgan fingerprint density at radius 3 is 2.59 bits per heavy atom. The Bertz CT molecular complexity index is 277. The Balaban J connectivity index is 2.20. The van der Waals surface area contributed by atoms with E-state index in [4.69, 9.17) is 10.5 Å². The summed E-state index contributed by atoms with van der Waals surface area (Å²) in [4.78, 5) is 2.39. The van der Waals surface area contributed by atoms with Gasteiger partial charge in [0.15, 0.2) is 0 Å². The van der Waals surface area contributed by atoms with E-state index >= 15 is 0 Å². The van der Waals surface area contributed by atoms with Crippen molar-refractivity contribution in [3.05, 3.63) is 35.9 Å². The maximum absolute atomic E-state index is 5.52. The van der Waals surface area contributed by atoms with Crippen LogP contribution in [0.5, 0.6) is 0 Å². The van der Waals surface area contributed by atoms with Crippen LogP contribution in [-0.2, 0) is 11.3 Å². The zero-order valence-electron chi connectivity index (χ0n) is 10.8. The molecule has 96 valence electrons. The summed E-state index contributed by atoms with van der Waals surface area (Å²) < 4.78 is 5.52. The molecule has 0 aromatic heterocycles. The molecule has 0 aliphatic heterocycles. The van der Waals surface area contributed by atoms with Crippen LogP contribution >= 0.6 is 0 Å². The van der Waals surface area contributed by atoms with Crippen molar-refractivity contribution in [1.82, 2.24) is 4.90 Å². The third-order valence-corrected chi connectivity index (χ3v) is 2.74. The summed E-state index contributed by atoms with van der Waals surface area (Å²) >= 11 is 0. The maximum atomic E-state index is 5.52. The lowest BCUT2D eigenvalue weighted by Crippen LogP contribution is -2.27. The van der Waals surface area contributed by atoms with Crippen LogP contribution in [0.2, 0.25) is 0 Å². The Labute approximate surface area is 105 Å². The highest BCUT2D eigenvalue weighted by molar-refractivity contribution is 5.14. The van der Waals surface area contributed by atoms with Crippen LogP contribution in [0.15, 0.2) is 30.3 Å². The van der Waals surface area contributed by atoms with Gasteiger partial charge in [0.25, 0.3) is 0 Å². The van der Waals surface area contributed by atoms with Crippen molar-refractivity contribution in [2.24, 2.45) is 5.73 Å². The minimum absolute atomic E-state index is 0.710. The third-order valence-electron chi connectivity index (χ3n) is 2.74. The van der Waals surface area contributed by atoms with Crippen LogP contribution in [0.3, 0.4) is 0 Å². The molecule has 0 amide bonds. The third kappa shape index (κ3) is 6.41. The van der Waals surface area contributed by atoms with Crippen LogP contribution < -0.4 is 5.73 Å². The Kier molecular flexibility index (Phi) is 7.63. The lowest BCUT2D eigenvalue weighted by molar-refractivity contribution is 0.102. The van der Waals surface area contributed by atoms with E-state index in [-0.39, 0.29) is 0 Å². The smallest absolute Gasteiger partial charge is 0.0593 e. The van der Waals surface area contributed by atoms with Crippen LogP contribution in [0.4, 0.5) is 0 Å². The predicted octanol–water partition coefficient (Wildman–Crippen LogP) is 1.87. The van der Waals surface area contributed by atoms with Crippen LogP contribution in [0.25, 0.3) is 0 Å². The van der Waals surface area contributed by atoms with Crippen molar-refractivity contribution >= 4 is 0 Å². The molecule has 0 fully saturated rings. The standard InChI is InChI=1S/C14H24N2O/c1-2-16(10-12-17-11-6-9-15)13-14-7-4-3-5-8-14/h3-5,7-8H,2,6,9-13,15H2,1H3. The molecular weight excluding hydrogens is 212 g/mol. The summed E-state index contributed by atoms with van der Waals surface area (Å²) in [5.41, 5.74) is 6.77. The summed E-state index contributed by atoms with van der Waals surface area (Å²) in [5.74, 6) is 0. The molecule has 1 rings (SSSR count). The molecule has 3 heteroatoms. The quantitative estimate of drug-likeness (QED) is 0.665. The molecule has 2 N–H and O–H groups in total. The van der Waals surface area contributed by atoms with Gasteiger partial charge in [-0.2, -0.15) is 0 Å². The first kappa shape index (κ1) is 14.2. The van der Waals surface area contributed by atoms with Gasteiger partial charge in [-0.25, -0.2) is 0 Å². The van der Waals surface area contributed by atoms with Crippen molar-refractivity contribution in [3.8, 4) is 0 Å². The minimum Gasteiger partial charge on any atom is -0.380 e. The fourth-order valence-corrected chi connectivity index (χ4v) is 1.67. The molecule has 1 aromatic carbocycles. The number of likely N-dealkylation sites (N-methyl/N-ethyl adjacent to an activating group) is 1. The number of nitrogens with two attached hydrogens (primary N) is 1. The van der Waals surface area contributed by atoms with E-state index in [0.717, 1.165) is 39.3 Å². The van der Waals surface area contributed by atoms with Crippen molar-refractivity contribution < 1.29 is 4.74 Å². The van der Waals surface area contributed by atoms with Crippen molar-refractivity contribution in [2.45, 2.75) is 19.9 Å². The van der Waals surface area contributed by atoms with Gasteiger partial charge in [0.2, 0.25) is 0 Å². The van der Waals surface area contributed by atoms with Gasteiger partial charge in [0.05, 0.1) is 6.61 Å². The minimum atomic E-state index is 0.710. The molecular formula is C14H24N2O. The zero-order chi connectivity index (χ0) is 12.3.